The third-order valence-corrected chi connectivity index (χ3v) is 2.58. The van der Waals surface area contributed by atoms with Gasteiger partial charge in [-0.25, -0.2) is 0 Å². The van der Waals surface area contributed by atoms with Crippen LogP contribution >= 0.6 is 0 Å². The molecule has 0 N–H and O–H groups in total. The molecule has 1 rings (SSSR count). The summed E-state index contributed by atoms with van der Waals surface area (Å²) in [6.07, 6.45) is 5.01. The minimum atomic E-state index is 0.0694. The van der Waals surface area contributed by atoms with Crippen LogP contribution in [0.3, 0.4) is 0 Å². The standard InChI is InChI=1S/C8H17NO/c1-9(2)8(10-3)6-4-5-7-8/h4-7H2,1-3H3. The fourth-order valence-corrected chi connectivity index (χ4v) is 1.76. The summed E-state index contributed by atoms with van der Waals surface area (Å²) < 4.78 is 5.49. The van der Waals surface area contributed by atoms with Gasteiger partial charge in [0.15, 0.2) is 0 Å². The van der Waals surface area contributed by atoms with Crippen molar-refractivity contribution >= 4 is 0 Å². The van der Waals surface area contributed by atoms with E-state index in [-0.39, 0.29) is 5.72 Å². The highest BCUT2D eigenvalue weighted by molar-refractivity contribution is 4.82. The Morgan fingerprint density at radius 1 is 1.20 bits per heavy atom. The van der Waals surface area contributed by atoms with Crippen molar-refractivity contribution in [2.75, 3.05) is 21.2 Å². The van der Waals surface area contributed by atoms with E-state index in [2.05, 4.69) is 19.0 Å². The minimum Gasteiger partial charge on any atom is -0.364 e. The molecule has 0 aromatic rings. The number of rotatable bonds is 2. The zero-order valence-electron chi connectivity index (χ0n) is 7.18. The first kappa shape index (κ1) is 8.02. The van der Waals surface area contributed by atoms with Crippen molar-refractivity contribution in [2.24, 2.45) is 0 Å². The van der Waals surface area contributed by atoms with E-state index in [1.165, 1.54) is 25.7 Å². The lowest BCUT2D eigenvalue weighted by atomic mass is 10.1. The SMILES string of the molecule is COC1(N(C)C)CCCC1. The Bertz CT molecular complexity index is 106. The summed E-state index contributed by atoms with van der Waals surface area (Å²) in [5, 5.41) is 0. The van der Waals surface area contributed by atoms with Gasteiger partial charge in [0.1, 0.15) is 5.72 Å². The lowest BCUT2D eigenvalue weighted by molar-refractivity contribution is -0.108. The molecule has 60 valence electrons. The molecule has 0 saturated heterocycles. The molecule has 0 atom stereocenters. The van der Waals surface area contributed by atoms with Crippen LogP contribution < -0.4 is 0 Å². The Labute approximate surface area is 63.2 Å². The van der Waals surface area contributed by atoms with Gasteiger partial charge in [-0.15, -0.1) is 0 Å². The van der Waals surface area contributed by atoms with Crippen molar-refractivity contribution in [1.82, 2.24) is 4.90 Å². The van der Waals surface area contributed by atoms with Gasteiger partial charge in [0.2, 0.25) is 0 Å². The molecular formula is C8H17NO. The van der Waals surface area contributed by atoms with E-state index in [0.717, 1.165) is 0 Å². The van der Waals surface area contributed by atoms with Crippen LogP contribution in [0.2, 0.25) is 0 Å². The number of hydrogen-bond acceptors (Lipinski definition) is 2. The first-order valence-electron chi connectivity index (χ1n) is 3.94. The van der Waals surface area contributed by atoms with Gasteiger partial charge in [0, 0.05) is 7.11 Å². The van der Waals surface area contributed by atoms with Crippen LogP contribution in [0.4, 0.5) is 0 Å². The van der Waals surface area contributed by atoms with Crippen molar-refractivity contribution in [2.45, 2.75) is 31.4 Å². The number of methoxy groups -OCH3 is 1. The second-order valence-electron chi connectivity index (χ2n) is 3.25. The smallest absolute Gasteiger partial charge is 0.120 e. The van der Waals surface area contributed by atoms with Gasteiger partial charge in [-0.3, -0.25) is 4.90 Å². The zero-order valence-corrected chi connectivity index (χ0v) is 7.18. The minimum absolute atomic E-state index is 0.0694. The van der Waals surface area contributed by atoms with Crippen molar-refractivity contribution in [3.05, 3.63) is 0 Å². The molecule has 1 aliphatic carbocycles. The lowest BCUT2D eigenvalue weighted by Crippen LogP contribution is -2.43. The number of ether oxygens (including phenoxy) is 1. The van der Waals surface area contributed by atoms with Crippen molar-refractivity contribution in [1.29, 1.82) is 0 Å². The van der Waals surface area contributed by atoms with Gasteiger partial charge in [0.25, 0.3) is 0 Å². The predicted octanol–water partition coefficient (Wildman–Crippen LogP) is 1.46. The third kappa shape index (κ3) is 1.18. The second kappa shape index (κ2) is 2.89. The van der Waals surface area contributed by atoms with E-state index in [9.17, 15) is 0 Å². The van der Waals surface area contributed by atoms with E-state index in [1.807, 2.05) is 7.11 Å². The van der Waals surface area contributed by atoms with Gasteiger partial charge in [-0.05, 0) is 39.8 Å². The summed E-state index contributed by atoms with van der Waals surface area (Å²) in [6, 6.07) is 0. The molecule has 0 spiro atoms. The molecule has 1 fully saturated rings. The Morgan fingerprint density at radius 2 is 1.70 bits per heavy atom. The normalized spacial score (nSPS) is 24.0. The maximum Gasteiger partial charge on any atom is 0.120 e. The molecule has 0 radical (unpaired) electrons. The van der Waals surface area contributed by atoms with E-state index in [4.69, 9.17) is 4.74 Å². The van der Waals surface area contributed by atoms with Crippen LogP contribution in [0.5, 0.6) is 0 Å². The quantitative estimate of drug-likeness (QED) is 0.543. The Morgan fingerprint density at radius 3 is 1.90 bits per heavy atom. The van der Waals surface area contributed by atoms with Gasteiger partial charge < -0.3 is 4.74 Å². The summed E-state index contributed by atoms with van der Waals surface area (Å²) in [6.45, 7) is 0. The van der Waals surface area contributed by atoms with Crippen LogP contribution in [-0.2, 0) is 4.74 Å². The topological polar surface area (TPSA) is 12.5 Å². The highest BCUT2D eigenvalue weighted by atomic mass is 16.5. The first-order chi connectivity index (χ1) is 4.71. The first-order valence-corrected chi connectivity index (χ1v) is 3.94. The molecule has 0 aromatic carbocycles. The molecule has 0 aliphatic heterocycles. The maximum atomic E-state index is 5.49. The molecule has 0 amide bonds. The molecule has 10 heavy (non-hydrogen) atoms. The van der Waals surface area contributed by atoms with E-state index in [0.29, 0.717) is 0 Å². The summed E-state index contributed by atoms with van der Waals surface area (Å²) in [4.78, 5) is 2.19. The third-order valence-electron chi connectivity index (χ3n) is 2.58. The fraction of sp³-hybridized carbons (Fsp3) is 1.00. The van der Waals surface area contributed by atoms with Crippen molar-refractivity contribution < 1.29 is 4.74 Å². The number of hydrogen-bond donors (Lipinski definition) is 0. The average molecular weight is 143 g/mol. The summed E-state index contributed by atoms with van der Waals surface area (Å²) in [7, 11) is 6.00. The molecule has 0 aromatic heterocycles. The van der Waals surface area contributed by atoms with Crippen LogP contribution in [0.1, 0.15) is 25.7 Å². The largest absolute Gasteiger partial charge is 0.364 e. The van der Waals surface area contributed by atoms with Gasteiger partial charge in [-0.1, -0.05) is 0 Å². The Kier molecular flexibility index (Phi) is 2.32. The lowest BCUT2D eigenvalue weighted by Gasteiger charge is -2.34. The van der Waals surface area contributed by atoms with E-state index < -0.39 is 0 Å². The van der Waals surface area contributed by atoms with Crippen molar-refractivity contribution in [3.63, 3.8) is 0 Å². The van der Waals surface area contributed by atoms with E-state index in [1.54, 1.807) is 0 Å². The molecule has 2 heteroatoms. The predicted molar refractivity (Wildman–Crippen MR) is 41.9 cm³/mol. The second-order valence-corrected chi connectivity index (χ2v) is 3.25. The fourth-order valence-electron chi connectivity index (χ4n) is 1.76. The average Bonchev–Trinajstić information content (AvgIpc) is 2.35. The molecule has 0 bridgehead atoms. The summed E-state index contributed by atoms with van der Waals surface area (Å²) >= 11 is 0. The highest BCUT2D eigenvalue weighted by Gasteiger charge is 2.35. The van der Waals surface area contributed by atoms with Crippen molar-refractivity contribution in [3.8, 4) is 0 Å². The Balaban J connectivity index is 2.58. The molecule has 1 saturated carbocycles. The van der Waals surface area contributed by atoms with Gasteiger partial charge >= 0.3 is 0 Å². The summed E-state index contributed by atoms with van der Waals surface area (Å²) in [5.41, 5.74) is 0.0694. The number of nitrogens with zero attached hydrogens (tertiary/aromatic N) is 1. The molecule has 0 heterocycles. The highest BCUT2D eigenvalue weighted by Crippen LogP contribution is 2.33. The van der Waals surface area contributed by atoms with Gasteiger partial charge in [0.05, 0.1) is 0 Å². The monoisotopic (exact) mass is 143 g/mol. The maximum absolute atomic E-state index is 5.49. The van der Waals surface area contributed by atoms with Crippen LogP contribution in [0.15, 0.2) is 0 Å². The van der Waals surface area contributed by atoms with Crippen LogP contribution in [-0.4, -0.2) is 31.8 Å². The molecule has 2 nitrogen and oxygen atoms in total. The Hall–Kier alpha value is -0.0800. The molecular weight excluding hydrogens is 126 g/mol. The van der Waals surface area contributed by atoms with Gasteiger partial charge in [-0.2, -0.15) is 0 Å². The zero-order chi connectivity index (χ0) is 7.61. The molecule has 0 unspecified atom stereocenters. The molecule has 1 aliphatic rings. The van der Waals surface area contributed by atoms with Crippen LogP contribution in [0.25, 0.3) is 0 Å². The van der Waals surface area contributed by atoms with Crippen LogP contribution in [0, 0.1) is 0 Å². The van der Waals surface area contributed by atoms with E-state index >= 15 is 0 Å². The summed E-state index contributed by atoms with van der Waals surface area (Å²) in [5.74, 6) is 0.